The lowest BCUT2D eigenvalue weighted by Crippen LogP contribution is -2.29. The van der Waals surface area contributed by atoms with Crippen molar-refractivity contribution in [2.24, 2.45) is 5.92 Å². The Morgan fingerprint density at radius 2 is 1.89 bits per heavy atom. The Morgan fingerprint density at radius 1 is 1.11 bits per heavy atom. The van der Waals surface area contributed by atoms with Gasteiger partial charge in [0.2, 0.25) is 5.91 Å². The van der Waals surface area contributed by atoms with Crippen molar-refractivity contribution >= 4 is 34.7 Å². The van der Waals surface area contributed by atoms with Gasteiger partial charge in [-0.3, -0.25) is 24.3 Å². The van der Waals surface area contributed by atoms with E-state index in [1.165, 1.54) is 11.8 Å². The third-order valence-corrected chi connectivity index (χ3v) is 5.58. The second-order valence-corrected chi connectivity index (χ2v) is 8.92. The van der Waals surface area contributed by atoms with Crippen molar-refractivity contribution in [2.45, 2.75) is 26.8 Å². The summed E-state index contributed by atoms with van der Waals surface area (Å²) in [7, 11) is 0. The minimum atomic E-state index is -0.925. The highest BCUT2D eigenvalue weighted by atomic mass is 16.5. The van der Waals surface area contributed by atoms with Crippen molar-refractivity contribution in [3.8, 4) is 5.75 Å². The molecule has 1 unspecified atom stereocenters. The molecular formula is C28H27N3O5. The number of hydrogen-bond acceptors (Lipinski definition) is 6. The zero-order valence-corrected chi connectivity index (χ0v) is 20.3. The van der Waals surface area contributed by atoms with Crippen LogP contribution in [0.2, 0.25) is 0 Å². The van der Waals surface area contributed by atoms with Crippen molar-refractivity contribution in [1.29, 1.82) is 0 Å². The van der Waals surface area contributed by atoms with Crippen molar-refractivity contribution in [2.75, 3.05) is 16.8 Å². The fourth-order valence-electron chi connectivity index (χ4n) is 4.04. The number of carbonyl (C=O) groups is 3. The normalized spacial score (nSPS) is 16.9. The molecule has 0 saturated carbocycles. The first-order valence-corrected chi connectivity index (χ1v) is 11.6. The molecule has 1 aliphatic rings. The van der Waals surface area contributed by atoms with Gasteiger partial charge in [0.1, 0.15) is 11.5 Å². The monoisotopic (exact) mass is 485 g/mol. The summed E-state index contributed by atoms with van der Waals surface area (Å²) in [5.41, 5.74) is 1.72. The molecule has 1 saturated heterocycles. The third-order valence-electron chi connectivity index (χ3n) is 5.58. The number of carbonyl (C=O) groups excluding carboxylic acids is 3. The van der Waals surface area contributed by atoms with Crippen molar-refractivity contribution in [3.05, 3.63) is 89.8 Å². The van der Waals surface area contributed by atoms with Gasteiger partial charge < -0.3 is 15.2 Å². The quantitative estimate of drug-likeness (QED) is 0.285. The van der Waals surface area contributed by atoms with E-state index in [4.69, 9.17) is 4.74 Å². The summed E-state index contributed by atoms with van der Waals surface area (Å²) >= 11 is 0. The van der Waals surface area contributed by atoms with Crippen LogP contribution in [-0.4, -0.2) is 34.3 Å². The van der Waals surface area contributed by atoms with Gasteiger partial charge in [-0.2, -0.15) is 0 Å². The predicted molar refractivity (Wildman–Crippen MR) is 137 cm³/mol. The molecule has 4 rings (SSSR count). The van der Waals surface area contributed by atoms with E-state index in [0.717, 1.165) is 0 Å². The van der Waals surface area contributed by atoms with Crippen LogP contribution in [0.25, 0.3) is 5.76 Å². The van der Waals surface area contributed by atoms with Crippen LogP contribution in [0.4, 0.5) is 11.4 Å². The fourth-order valence-corrected chi connectivity index (χ4v) is 4.04. The summed E-state index contributed by atoms with van der Waals surface area (Å²) in [6.45, 7) is 5.93. The Labute approximate surface area is 209 Å². The van der Waals surface area contributed by atoms with Crippen LogP contribution < -0.4 is 15.0 Å². The van der Waals surface area contributed by atoms with Gasteiger partial charge in [0, 0.05) is 36.3 Å². The molecule has 1 atom stereocenters. The molecule has 2 aromatic carbocycles. The topological polar surface area (TPSA) is 109 Å². The van der Waals surface area contributed by atoms with E-state index in [9.17, 15) is 19.5 Å². The van der Waals surface area contributed by atoms with E-state index >= 15 is 0 Å². The molecule has 0 bridgehead atoms. The predicted octanol–water partition coefficient (Wildman–Crippen LogP) is 4.70. The van der Waals surface area contributed by atoms with Crippen molar-refractivity contribution < 1.29 is 24.2 Å². The number of aliphatic hydroxyl groups excluding tert-OH is 1. The summed E-state index contributed by atoms with van der Waals surface area (Å²) in [5.74, 6) is -1.33. The van der Waals surface area contributed by atoms with Crippen LogP contribution in [0.15, 0.2) is 78.6 Å². The maximum atomic E-state index is 13.3. The zero-order valence-electron chi connectivity index (χ0n) is 20.3. The highest BCUT2D eigenvalue weighted by Gasteiger charge is 2.47. The number of rotatable bonds is 7. The number of benzene rings is 2. The lowest BCUT2D eigenvalue weighted by molar-refractivity contribution is -0.132. The standard InChI is InChI=1S/C28H27N3O5/c1-17(2)16-36-23-11-4-7-19(13-23)26(33)24-25(20-8-6-12-29-15-20)31(28(35)27(24)34)22-10-5-9-21(14-22)30-18(3)32/h4-15,17,25,33H,16H2,1-3H3,(H,30,32)/b26-24+. The Bertz CT molecular complexity index is 1330. The van der Waals surface area contributed by atoms with E-state index in [1.54, 1.807) is 73.1 Å². The van der Waals surface area contributed by atoms with Gasteiger partial charge in [-0.05, 0) is 47.9 Å². The van der Waals surface area contributed by atoms with Crippen molar-refractivity contribution in [1.82, 2.24) is 4.98 Å². The van der Waals surface area contributed by atoms with Crippen LogP contribution in [0.3, 0.4) is 0 Å². The SMILES string of the molecule is CC(=O)Nc1cccc(N2C(=O)C(=O)/C(=C(/O)c3cccc(OCC(C)C)c3)C2c2cccnc2)c1. The average Bonchev–Trinajstić information content (AvgIpc) is 3.13. The lowest BCUT2D eigenvalue weighted by Gasteiger charge is -2.25. The maximum absolute atomic E-state index is 13.3. The fraction of sp³-hybridized carbons (Fsp3) is 0.214. The molecule has 184 valence electrons. The van der Waals surface area contributed by atoms with Gasteiger partial charge in [-0.15, -0.1) is 0 Å². The summed E-state index contributed by atoms with van der Waals surface area (Å²) < 4.78 is 5.78. The Morgan fingerprint density at radius 3 is 2.58 bits per heavy atom. The summed E-state index contributed by atoms with van der Waals surface area (Å²) in [5, 5.41) is 14.0. The number of nitrogens with one attached hydrogen (secondary N) is 1. The van der Waals surface area contributed by atoms with Gasteiger partial charge in [0.05, 0.1) is 18.2 Å². The second-order valence-electron chi connectivity index (χ2n) is 8.92. The van der Waals surface area contributed by atoms with E-state index in [2.05, 4.69) is 10.3 Å². The number of nitrogens with zero attached hydrogens (tertiary/aromatic N) is 2. The molecule has 1 fully saturated rings. The number of Topliss-reactive ketones (excluding diaryl/α,β-unsaturated/α-hetero) is 1. The van der Waals surface area contributed by atoms with E-state index in [-0.39, 0.29) is 17.2 Å². The first-order chi connectivity index (χ1) is 17.3. The van der Waals surface area contributed by atoms with Gasteiger partial charge in [0.15, 0.2) is 0 Å². The van der Waals surface area contributed by atoms with Gasteiger partial charge >= 0.3 is 0 Å². The molecule has 8 nitrogen and oxygen atoms in total. The summed E-state index contributed by atoms with van der Waals surface area (Å²) in [6.07, 6.45) is 3.14. The largest absolute Gasteiger partial charge is 0.507 e. The van der Waals surface area contributed by atoms with Gasteiger partial charge in [-0.25, -0.2) is 0 Å². The number of hydrogen-bond donors (Lipinski definition) is 2. The van der Waals surface area contributed by atoms with E-state index < -0.39 is 17.7 Å². The summed E-state index contributed by atoms with van der Waals surface area (Å²) in [6, 6.07) is 15.9. The van der Waals surface area contributed by atoms with Gasteiger partial charge in [0.25, 0.3) is 11.7 Å². The third kappa shape index (κ3) is 5.12. The Balaban J connectivity index is 1.84. The first kappa shape index (κ1) is 24.7. The molecule has 1 aromatic heterocycles. The number of amides is 2. The van der Waals surface area contributed by atoms with Crippen LogP contribution in [0, 0.1) is 5.92 Å². The smallest absolute Gasteiger partial charge is 0.300 e. The molecule has 0 aliphatic carbocycles. The summed E-state index contributed by atoms with van der Waals surface area (Å²) in [4.78, 5) is 43.7. The molecule has 8 heteroatoms. The van der Waals surface area contributed by atoms with Crippen LogP contribution >= 0.6 is 0 Å². The van der Waals surface area contributed by atoms with Crippen LogP contribution in [0.5, 0.6) is 5.75 Å². The second kappa shape index (κ2) is 10.4. The molecule has 1 aliphatic heterocycles. The first-order valence-electron chi connectivity index (χ1n) is 11.6. The molecule has 2 N–H and O–H groups in total. The number of pyridine rings is 1. The van der Waals surface area contributed by atoms with E-state index in [0.29, 0.717) is 40.8 Å². The number of ether oxygens (including phenoxy) is 1. The molecule has 0 radical (unpaired) electrons. The number of anilines is 2. The van der Waals surface area contributed by atoms with Gasteiger partial charge in [-0.1, -0.05) is 38.1 Å². The molecule has 2 heterocycles. The average molecular weight is 486 g/mol. The minimum absolute atomic E-state index is 0.0565. The zero-order chi connectivity index (χ0) is 25.8. The van der Waals surface area contributed by atoms with Crippen LogP contribution in [0.1, 0.15) is 37.9 Å². The highest BCUT2D eigenvalue weighted by molar-refractivity contribution is 6.51. The number of aromatic nitrogens is 1. The maximum Gasteiger partial charge on any atom is 0.300 e. The molecule has 36 heavy (non-hydrogen) atoms. The molecule has 3 aromatic rings. The van der Waals surface area contributed by atoms with Crippen molar-refractivity contribution in [3.63, 3.8) is 0 Å². The Hall–Kier alpha value is -4.46. The molecular weight excluding hydrogens is 458 g/mol. The number of aliphatic hydroxyl groups is 1. The van der Waals surface area contributed by atoms with E-state index in [1.807, 2.05) is 13.8 Å². The van der Waals surface area contributed by atoms with Crippen LogP contribution in [-0.2, 0) is 14.4 Å². The lowest BCUT2D eigenvalue weighted by atomic mass is 9.96. The molecule has 0 spiro atoms. The Kier molecular flexibility index (Phi) is 7.15. The molecule has 2 amide bonds. The highest BCUT2D eigenvalue weighted by Crippen LogP contribution is 2.42. The number of ketones is 1. The minimum Gasteiger partial charge on any atom is -0.507 e.